The van der Waals surface area contributed by atoms with E-state index in [1.807, 2.05) is 31.2 Å². The van der Waals surface area contributed by atoms with Crippen molar-refractivity contribution in [3.8, 4) is 0 Å². The van der Waals surface area contributed by atoms with Gasteiger partial charge in [0.25, 0.3) is 0 Å². The molecule has 0 fully saturated rings. The summed E-state index contributed by atoms with van der Waals surface area (Å²) in [6, 6.07) is 8.07. The van der Waals surface area contributed by atoms with Crippen LogP contribution in [0.5, 0.6) is 0 Å². The molecule has 0 aliphatic heterocycles. The summed E-state index contributed by atoms with van der Waals surface area (Å²) >= 11 is 0. The Hall–Kier alpha value is -2.14. The Morgan fingerprint density at radius 1 is 1.39 bits per heavy atom. The molecule has 0 spiro atoms. The fourth-order valence-corrected chi connectivity index (χ4v) is 2.41. The Morgan fingerprint density at radius 2 is 2.04 bits per heavy atom. The molecule has 1 aromatic heterocycles. The first kappa shape index (κ1) is 17.2. The van der Waals surface area contributed by atoms with Crippen LogP contribution in [0.2, 0.25) is 0 Å². The van der Waals surface area contributed by atoms with Crippen molar-refractivity contribution in [1.82, 2.24) is 15.1 Å². The summed E-state index contributed by atoms with van der Waals surface area (Å²) in [5.74, 6) is -0.357. The number of aromatic nitrogens is 2. The van der Waals surface area contributed by atoms with Gasteiger partial charge >= 0.3 is 0 Å². The van der Waals surface area contributed by atoms with E-state index in [4.69, 9.17) is 0 Å². The van der Waals surface area contributed by atoms with Gasteiger partial charge in [0.15, 0.2) is 0 Å². The third-order valence-electron chi connectivity index (χ3n) is 4.21. The minimum atomic E-state index is -1.14. The molecule has 1 amide bonds. The maximum absolute atomic E-state index is 12.3. The molecule has 0 radical (unpaired) electrons. The quantitative estimate of drug-likeness (QED) is 0.858. The van der Waals surface area contributed by atoms with E-state index in [0.717, 1.165) is 12.0 Å². The van der Waals surface area contributed by atoms with E-state index in [0.29, 0.717) is 5.56 Å². The molecule has 2 atom stereocenters. The Kier molecular flexibility index (Phi) is 5.21. The van der Waals surface area contributed by atoms with Gasteiger partial charge in [-0.2, -0.15) is 5.10 Å². The van der Waals surface area contributed by atoms with E-state index in [-0.39, 0.29) is 18.4 Å². The molecule has 0 bridgehead atoms. The van der Waals surface area contributed by atoms with Crippen LogP contribution in [-0.2, 0) is 23.9 Å². The molecule has 2 N–H and O–H groups in total. The molecule has 0 aliphatic carbocycles. The van der Waals surface area contributed by atoms with Crippen LogP contribution < -0.4 is 5.32 Å². The summed E-state index contributed by atoms with van der Waals surface area (Å²) in [5.41, 5.74) is 1.76. The second-order valence-electron chi connectivity index (χ2n) is 6.21. The fraction of sp³-hybridized carbons (Fsp3) is 0.444. The van der Waals surface area contributed by atoms with Gasteiger partial charge in [-0.15, -0.1) is 0 Å². The van der Waals surface area contributed by atoms with Gasteiger partial charge in [-0.1, -0.05) is 31.2 Å². The second-order valence-corrected chi connectivity index (χ2v) is 6.21. The minimum Gasteiger partial charge on any atom is -0.383 e. The number of rotatable bonds is 6. The molecule has 5 nitrogen and oxygen atoms in total. The maximum Gasteiger partial charge on any atom is 0.227 e. The van der Waals surface area contributed by atoms with Gasteiger partial charge in [-0.05, 0) is 31.4 Å². The van der Waals surface area contributed by atoms with E-state index < -0.39 is 5.60 Å². The normalized spacial score (nSPS) is 15.0. The number of aryl methyl sites for hydroxylation is 2. The Morgan fingerprint density at radius 3 is 2.57 bits per heavy atom. The molecule has 2 unspecified atom stereocenters. The predicted octanol–water partition coefficient (Wildman–Crippen LogP) is 2.11. The number of aliphatic hydroxyl groups is 1. The average Bonchev–Trinajstić information content (AvgIpc) is 2.99. The highest BCUT2D eigenvalue weighted by Gasteiger charge is 2.26. The summed E-state index contributed by atoms with van der Waals surface area (Å²) in [4.78, 5) is 12.3. The summed E-state index contributed by atoms with van der Waals surface area (Å²) in [6.45, 7) is 5.79. The molecule has 0 saturated carbocycles. The number of hydrogen-bond acceptors (Lipinski definition) is 3. The Labute approximate surface area is 137 Å². The molecule has 2 aromatic rings. The van der Waals surface area contributed by atoms with Crippen molar-refractivity contribution in [2.45, 2.75) is 38.7 Å². The van der Waals surface area contributed by atoms with Gasteiger partial charge in [-0.3, -0.25) is 9.48 Å². The molecular weight excluding hydrogens is 290 g/mol. The van der Waals surface area contributed by atoms with Crippen molar-refractivity contribution in [3.05, 3.63) is 53.3 Å². The van der Waals surface area contributed by atoms with Gasteiger partial charge < -0.3 is 10.4 Å². The number of nitrogens with zero attached hydrogens (tertiary/aromatic N) is 2. The van der Waals surface area contributed by atoms with Crippen LogP contribution >= 0.6 is 0 Å². The third-order valence-corrected chi connectivity index (χ3v) is 4.21. The zero-order chi connectivity index (χ0) is 17.0. The highest BCUT2D eigenvalue weighted by Crippen LogP contribution is 2.20. The van der Waals surface area contributed by atoms with Crippen molar-refractivity contribution in [3.63, 3.8) is 0 Å². The largest absolute Gasteiger partial charge is 0.383 e. The first-order valence-electron chi connectivity index (χ1n) is 7.91. The SMILES string of the molecule is CCc1ccc(C(C)C(=O)NCC(C)(O)c2cnn(C)c2)cc1. The lowest BCUT2D eigenvalue weighted by molar-refractivity contribution is -0.123. The Balaban J connectivity index is 1.97. The highest BCUT2D eigenvalue weighted by molar-refractivity contribution is 5.83. The predicted molar refractivity (Wildman–Crippen MR) is 90.0 cm³/mol. The number of benzene rings is 1. The molecule has 2 rings (SSSR count). The summed E-state index contributed by atoms with van der Waals surface area (Å²) in [5, 5.41) is 17.4. The second kappa shape index (κ2) is 6.96. The van der Waals surface area contributed by atoms with Crippen molar-refractivity contribution >= 4 is 5.91 Å². The van der Waals surface area contributed by atoms with Gasteiger partial charge in [0.1, 0.15) is 5.60 Å². The van der Waals surface area contributed by atoms with Gasteiger partial charge in [0.05, 0.1) is 18.7 Å². The lowest BCUT2D eigenvalue weighted by Crippen LogP contribution is -2.40. The van der Waals surface area contributed by atoms with E-state index in [2.05, 4.69) is 17.3 Å². The zero-order valence-electron chi connectivity index (χ0n) is 14.2. The van der Waals surface area contributed by atoms with E-state index in [1.54, 1.807) is 31.0 Å². The van der Waals surface area contributed by atoms with Crippen molar-refractivity contribution in [2.24, 2.45) is 7.05 Å². The van der Waals surface area contributed by atoms with Gasteiger partial charge in [0.2, 0.25) is 5.91 Å². The summed E-state index contributed by atoms with van der Waals surface area (Å²) < 4.78 is 1.63. The van der Waals surface area contributed by atoms with E-state index >= 15 is 0 Å². The first-order valence-corrected chi connectivity index (χ1v) is 7.91. The van der Waals surface area contributed by atoms with Gasteiger partial charge in [-0.25, -0.2) is 0 Å². The third kappa shape index (κ3) is 4.20. The molecule has 0 aliphatic rings. The fourth-order valence-electron chi connectivity index (χ4n) is 2.41. The molecule has 5 heteroatoms. The van der Waals surface area contributed by atoms with Crippen molar-refractivity contribution in [2.75, 3.05) is 6.54 Å². The smallest absolute Gasteiger partial charge is 0.227 e. The number of amides is 1. The van der Waals surface area contributed by atoms with Crippen LogP contribution in [-0.4, -0.2) is 27.3 Å². The molecule has 23 heavy (non-hydrogen) atoms. The van der Waals surface area contributed by atoms with Crippen LogP contribution in [0.3, 0.4) is 0 Å². The molecule has 0 saturated heterocycles. The van der Waals surface area contributed by atoms with Crippen LogP contribution in [0.15, 0.2) is 36.7 Å². The maximum atomic E-state index is 12.3. The molecule has 1 heterocycles. The van der Waals surface area contributed by atoms with Gasteiger partial charge in [0, 0.05) is 18.8 Å². The number of nitrogens with one attached hydrogen (secondary N) is 1. The topological polar surface area (TPSA) is 67.2 Å². The first-order chi connectivity index (χ1) is 10.8. The summed E-state index contributed by atoms with van der Waals surface area (Å²) in [7, 11) is 1.79. The van der Waals surface area contributed by atoms with Crippen LogP contribution in [0, 0.1) is 0 Å². The lowest BCUT2D eigenvalue weighted by Gasteiger charge is -2.23. The lowest BCUT2D eigenvalue weighted by atomic mass is 9.96. The standard InChI is InChI=1S/C18H25N3O2/c1-5-14-6-8-15(9-7-14)13(2)17(22)19-12-18(3,23)16-10-20-21(4)11-16/h6-11,13,23H,5,12H2,1-4H3,(H,19,22). The molecule has 124 valence electrons. The molecular formula is C18H25N3O2. The van der Waals surface area contributed by atoms with Crippen molar-refractivity contribution < 1.29 is 9.90 Å². The average molecular weight is 315 g/mol. The minimum absolute atomic E-state index is 0.0987. The van der Waals surface area contributed by atoms with Crippen molar-refractivity contribution in [1.29, 1.82) is 0 Å². The van der Waals surface area contributed by atoms with Crippen LogP contribution in [0.1, 0.15) is 43.4 Å². The van der Waals surface area contributed by atoms with Crippen LogP contribution in [0.25, 0.3) is 0 Å². The number of carbonyl (C=O) groups excluding carboxylic acids is 1. The van der Waals surface area contributed by atoms with E-state index in [1.165, 1.54) is 5.56 Å². The zero-order valence-corrected chi connectivity index (χ0v) is 14.2. The monoisotopic (exact) mass is 315 g/mol. The highest BCUT2D eigenvalue weighted by atomic mass is 16.3. The number of hydrogen-bond donors (Lipinski definition) is 2. The number of carbonyl (C=O) groups is 1. The van der Waals surface area contributed by atoms with E-state index in [9.17, 15) is 9.90 Å². The molecule has 1 aromatic carbocycles. The van der Waals surface area contributed by atoms with Crippen LogP contribution in [0.4, 0.5) is 0 Å². The Bertz CT molecular complexity index is 659. The summed E-state index contributed by atoms with van der Waals surface area (Å²) in [6.07, 6.45) is 4.34.